The third kappa shape index (κ3) is 7.11. The maximum Gasteiger partial charge on any atom is 0.410 e. The van der Waals surface area contributed by atoms with Gasteiger partial charge in [0.2, 0.25) is 5.92 Å². The standard InChI is InChI=1S/C30H39F5N6/c1-6-24-23(11-15-36-24)18(3)39-28(21-8-12-29(31,32)13-9-21)19(4)38-27-16-22(10-14-37-27)25(7-2)41-17-26(30(33,34)35)40-20(41)5/h10-11,14,16,21,25-26,28,39-40H,3-9,12-13,15,17H2,1-2H3,(H,37,38). The molecule has 1 aromatic heterocycles. The summed E-state index contributed by atoms with van der Waals surface area (Å²) in [5, 5.41) is 9.16. The molecule has 1 aromatic rings. The van der Waals surface area contributed by atoms with Crippen molar-refractivity contribution in [1.82, 2.24) is 20.5 Å². The van der Waals surface area contributed by atoms with E-state index in [1.54, 1.807) is 23.2 Å². The van der Waals surface area contributed by atoms with Crippen LogP contribution in [0, 0.1) is 5.92 Å². The molecule has 41 heavy (non-hydrogen) atoms. The van der Waals surface area contributed by atoms with Gasteiger partial charge in [-0.05, 0) is 49.3 Å². The van der Waals surface area contributed by atoms with Crippen LogP contribution in [0.2, 0.25) is 0 Å². The first-order valence-corrected chi connectivity index (χ1v) is 14.1. The fourth-order valence-electron chi connectivity index (χ4n) is 5.94. The van der Waals surface area contributed by atoms with Crippen LogP contribution in [0.3, 0.4) is 0 Å². The number of aliphatic imine (C=N–C) groups is 1. The van der Waals surface area contributed by atoms with Crippen LogP contribution in [0.4, 0.5) is 27.8 Å². The van der Waals surface area contributed by atoms with Crippen LogP contribution < -0.4 is 16.0 Å². The molecule has 6 nitrogen and oxygen atoms in total. The van der Waals surface area contributed by atoms with E-state index in [2.05, 4.69) is 45.7 Å². The molecule has 0 radical (unpaired) electrons. The van der Waals surface area contributed by atoms with Gasteiger partial charge in [-0.25, -0.2) is 13.8 Å². The number of hydrogen-bond donors (Lipinski definition) is 3. The Bertz CT molecular complexity index is 1210. The minimum Gasteiger partial charge on any atom is -0.376 e. The van der Waals surface area contributed by atoms with Gasteiger partial charge in [0.15, 0.2) is 0 Å². The summed E-state index contributed by atoms with van der Waals surface area (Å²) in [5.41, 5.74) is 3.86. The van der Waals surface area contributed by atoms with Crippen molar-refractivity contribution in [1.29, 1.82) is 0 Å². The molecule has 1 aliphatic carbocycles. The predicted octanol–water partition coefficient (Wildman–Crippen LogP) is 6.85. The van der Waals surface area contributed by atoms with E-state index < -0.39 is 24.2 Å². The summed E-state index contributed by atoms with van der Waals surface area (Å²) in [7, 11) is 0. The maximum atomic E-state index is 14.0. The molecule has 1 saturated heterocycles. The Balaban J connectivity index is 1.52. The first-order chi connectivity index (χ1) is 19.3. The van der Waals surface area contributed by atoms with Gasteiger partial charge in [0.1, 0.15) is 11.9 Å². The lowest BCUT2D eigenvalue weighted by Gasteiger charge is -2.36. The summed E-state index contributed by atoms with van der Waals surface area (Å²) < 4.78 is 68.1. The lowest BCUT2D eigenvalue weighted by Crippen LogP contribution is -2.42. The van der Waals surface area contributed by atoms with E-state index in [1.165, 1.54) is 0 Å². The van der Waals surface area contributed by atoms with Gasteiger partial charge in [-0.3, -0.25) is 4.99 Å². The molecule has 3 N–H and O–H groups in total. The Morgan fingerprint density at radius 1 is 1.22 bits per heavy atom. The molecule has 4 rings (SSSR count). The Morgan fingerprint density at radius 3 is 2.54 bits per heavy atom. The molecule has 11 heteroatoms. The van der Waals surface area contributed by atoms with Gasteiger partial charge in [0, 0.05) is 48.3 Å². The van der Waals surface area contributed by atoms with Gasteiger partial charge in [-0.2, -0.15) is 13.2 Å². The molecule has 0 amide bonds. The number of nitrogens with zero attached hydrogens (tertiary/aromatic N) is 3. The van der Waals surface area contributed by atoms with Crippen LogP contribution in [-0.2, 0) is 0 Å². The van der Waals surface area contributed by atoms with Crippen LogP contribution >= 0.6 is 0 Å². The van der Waals surface area contributed by atoms with E-state index in [-0.39, 0.29) is 37.2 Å². The lowest BCUT2D eigenvalue weighted by atomic mass is 9.80. The molecule has 3 atom stereocenters. The number of aromatic nitrogens is 1. The number of nitrogens with one attached hydrogen (secondary N) is 3. The number of rotatable bonds is 11. The van der Waals surface area contributed by atoms with Crippen molar-refractivity contribution >= 4 is 11.5 Å². The second-order valence-corrected chi connectivity index (χ2v) is 10.9. The minimum atomic E-state index is -4.38. The van der Waals surface area contributed by atoms with E-state index in [4.69, 9.17) is 0 Å². The number of pyridine rings is 1. The third-order valence-electron chi connectivity index (χ3n) is 8.17. The molecule has 3 heterocycles. The topological polar surface area (TPSA) is 64.6 Å². The molecule has 0 bridgehead atoms. The monoisotopic (exact) mass is 578 g/mol. The van der Waals surface area contributed by atoms with Crippen molar-refractivity contribution in [2.24, 2.45) is 10.9 Å². The highest BCUT2D eigenvalue weighted by atomic mass is 19.4. The molecule has 3 aliphatic rings. The average Bonchev–Trinajstić information content (AvgIpc) is 3.55. The quantitative estimate of drug-likeness (QED) is 0.251. The summed E-state index contributed by atoms with van der Waals surface area (Å²) in [6.45, 7) is 16.5. The zero-order chi connectivity index (χ0) is 29.9. The van der Waals surface area contributed by atoms with Gasteiger partial charge < -0.3 is 20.9 Å². The Kier molecular flexibility index (Phi) is 9.13. The van der Waals surface area contributed by atoms with Crippen molar-refractivity contribution < 1.29 is 22.0 Å². The molecule has 2 aliphatic heterocycles. The summed E-state index contributed by atoms with van der Waals surface area (Å²) in [6.07, 6.45) is 0.762. The van der Waals surface area contributed by atoms with Gasteiger partial charge in [-0.1, -0.05) is 39.7 Å². The molecule has 2 fully saturated rings. The van der Waals surface area contributed by atoms with Crippen LogP contribution in [0.25, 0.3) is 0 Å². The highest BCUT2D eigenvalue weighted by molar-refractivity contribution is 6.05. The number of hydrogen-bond acceptors (Lipinski definition) is 6. The number of halogens is 5. The molecule has 224 valence electrons. The smallest absolute Gasteiger partial charge is 0.376 e. The van der Waals surface area contributed by atoms with E-state index in [0.717, 1.165) is 23.3 Å². The highest BCUT2D eigenvalue weighted by Crippen LogP contribution is 2.39. The summed E-state index contributed by atoms with van der Waals surface area (Å²) in [6, 6.07) is 1.12. The van der Waals surface area contributed by atoms with Crippen molar-refractivity contribution in [2.45, 2.75) is 82.6 Å². The summed E-state index contributed by atoms with van der Waals surface area (Å²) in [5.74, 6) is -2.10. The second-order valence-electron chi connectivity index (χ2n) is 10.9. The number of allylic oxidation sites excluding steroid dienone is 1. The first kappa shape index (κ1) is 30.6. The molecule has 0 spiro atoms. The Morgan fingerprint density at radius 2 is 1.93 bits per heavy atom. The largest absolute Gasteiger partial charge is 0.410 e. The summed E-state index contributed by atoms with van der Waals surface area (Å²) in [4.78, 5) is 10.5. The van der Waals surface area contributed by atoms with Gasteiger partial charge in [-0.15, -0.1) is 0 Å². The van der Waals surface area contributed by atoms with Crippen molar-refractivity contribution in [3.8, 4) is 0 Å². The van der Waals surface area contributed by atoms with Crippen LogP contribution in [0.1, 0.15) is 64.0 Å². The minimum absolute atomic E-state index is 0.111. The normalized spacial score (nSPS) is 22.5. The fraction of sp³-hybridized carbons (Fsp3) is 0.533. The summed E-state index contributed by atoms with van der Waals surface area (Å²) >= 11 is 0. The number of alkyl halides is 5. The lowest BCUT2D eigenvalue weighted by molar-refractivity contribution is -0.150. The van der Waals surface area contributed by atoms with E-state index in [1.807, 2.05) is 19.9 Å². The first-order valence-electron chi connectivity index (χ1n) is 14.1. The Hall–Kier alpha value is -3.37. The molecule has 0 aromatic carbocycles. The van der Waals surface area contributed by atoms with Crippen LogP contribution in [-0.4, -0.2) is 52.9 Å². The van der Waals surface area contributed by atoms with Crippen molar-refractivity contribution in [3.63, 3.8) is 0 Å². The van der Waals surface area contributed by atoms with Gasteiger partial charge in [0.25, 0.3) is 0 Å². The van der Waals surface area contributed by atoms with Gasteiger partial charge in [0.05, 0.1) is 24.4 Å². The SMILES string of the molecule is C=C(NC(C(=C)Nc1cc(C(CC)N2CC(C(F)(F)F)NC2=C)ccn1)C1CCC(F)(F)CC1)C1=CCN=C1CC. The van der Waals surface area contributed by atoms with E-state index in [9.17, 15) is 22.0 Å². The number of anilines is 1. The molecular formula is C30H39F5N6. The maximum absolute atomic E-state index is 14.0. The van der Waals surface area contributed by atoms with Crippen molar-refractivity contribution in [2.75, 3.05) is 18.4 Å². The predicted molar refractivity (Wildman–Crippen MR) is 153 cm³/mol. The molecule has 3 unspecified atom stereocenters. The fourth-order valence-corrected chi connectivity index (χ4v) is 5.94. The van der Waals surface area contributed by atoms with E-state index >= 15 is 0 Å². The second kappa shape index (κ2) is 12.2. The van der Waals surface area contributed by atoms with E-state index in [0.29, 0.717) is 43.0 Å². The van der Waals surface area contributed by atoms with Crippen molar-refractivity contribution in [3.05, 3.63) is 72.5 Å². The average molecular weight is 579 g/mol. The van der Waals surface area contributed by atoms with Gasteiger partial charge >= 0.3 is 6.18 Å². The molecule has 1 saturated carbocycles. The molecular weight excluding hydrogens is 539 g/mol. The zero-order valence-corrected chi connectivity index (χ0v) is 23.6. The Labute approximate surface area is 238 Å². The zero-order valence-electron chi connectivity index (χ0n) is 23.6. The third-order valence-corrected chi connectivity index (χ3v) is 8.17. The van der Waals surface area contributed by atoms with Crippen LogP contribution in [0.15, 0.2) is 71.9 Å². The highest BCUT2D eigenvalue weighted by Gasteiger charge is 2.46. The van der Waals surface area contributed by atoms with Crippen LogP contribution in [0.5, 0.6) is 0 Å².